The number of hydrogen-bond donors (Lipinski definition) is 1. The summed E-state index contributed by atoms with van der Waals surface area (Å²) in [4.78, 5) is 21.8. The molecule has 29 heavy (non-hydrogen) atoms. The number of aromatic nitrogens is 2. The number of carbonyl (C=O) groups is 1. The zero-order valence-electron chi connectivity index (χ0n) is 15.1. The lowest BCUT2D eigenvalue weighted by Gasteiger charge is -2.05. The van der Waals surface area contributed by atoms with Crippen molar-refractivity contribution in [3.8, 4) is 11.5 Å². The Morgan fingerprint density at radius 3 is 2.48 bits per heavy atom. The molecule has 4 rings (SSSR count). The Morgan fingerprint density at radius 2 is 1.76 bits per heavy atom. The van der Waals surface area contributed by atoms with Gasteiger partial charge in [-0.3, -0.25) is 4.79 Å². The Labute approximate surface area is 164 Å². The highest BCUT2D eigenvalue weighted by molar-refractivity contribution is 6.39. The van der Waals surface area contributed by atoms with Crippen LogP contribution in [0.4, 0.5) is 8.78 Å². The molecule has 1 unspecified atom stereocenters. The van der Waals surface area contributed by atoms with E-state index >= 15 is 0 Å². The Bertz CT molecular complexity index is 1030. The number of hydrogen-bond acceptors (Lipinski definition) is 6. The second-order valence-corrected chi connectivity index (χ2v) is 6.51. The van der Waals surface area contributed by atoms with Crippen LogP contribution in [0.3, 0.4) is 0 Å². The summed E-state index contributed by atoms with van der Waals surface area (Å²) in [5.41, 5.74) is 1.64. The lowest BCUT2D eigenvalue weighted by atomic mass is 10.1. The number of benzene rings is 2. The Morgan fingerprint density at radius 1 is 1.07 bits per heavy atom. The average molecular weight is 398 g/mol. The molecule has 9 heteroatoms. The zero-order valence-corrected chi connectivity index (χ0v) is 15.1. The molecule has 0 spiro atoms. The number of carbonyl (C=O) groups excluding carboxylic acids is 1. The topological polar surface area (TPSA) is 89.6 Å². The molecule has 1 N–H and O–H groups in total. The Hall–Kier alpha value is -3.62. The normalized spacial score (nSPS) is 15.7. The number of nitrogens with zero attached hydrogens (tertiary/aromatic N) is 3. The average Bonchev–Trinajstić information content (AvgIpc) is 3.38. The van der Waals surface area contributed by atoms with Crippen molar-refractivity contribution in [2.24, 2.45) is 5.16 Å². The first-order valence-electron chi connectivity index (χ1n) is 8.90. The number of rotatable bonds is 6. The molecule has 2 heterocycles. The van der Waals surface area contributed by atoms with E-state index in [1.54, 1.807) is 24.3 Å². The molecule has 0 bridgehead atoms. The number of nitrogens with one attached hydrogen (secondary N) is 1. The highest BCUT2D eigenvalue weighted by Gasteiger charge is 2.27. The van der Waals surface area contributed by atoms with Gasteiger partial charge in [0.1, 0.15) is 23.5 Å². The van der Waals surface area contributed by atoms with Gasteiger partial charge in [-0.05, 0) is 42.0 Å². The van der Waals surface area contributed by atoms with E-state index < -0.39 is 0 Å². The standard InChI is InChI=1S/C20H16F2N4O3/c21-14-5-1-12(2-6-14)11-23-19(27)17-9-16(28-25-17)10-18-24-20(29-26-18)13-3-7-15(22)8-4-13/h1-8,16H,9-11H2,(H,23,27). The molecule has 0 fully saturated rings. The van der Waals surface area contributed by atoms with Gasteiger partial charge in [-0.25, -0.2) is 8.78 Å². The lowest BCUT2D eigenvalue weighted by molar-refractivity contribution is -0.115. The van der Waals surface area contributed by atoms with Crippen LogP contribution >= 0.6 is 0 Å². The van der Waals surface area contributed by atoms with Gasteiger partial charge in [0.25, 0.3) is 11.8 Å². The molecule has 148 valence electrons. The smallest absolute Gasteiger partial charge is 0.269 e. The lowest BCUT2D eigenvalue weighted by Crippen LogP contribution is -2.30. The number of halogens is 2. The molecular weight excluding hydrogens is 382 g/mol. The third kappa shape index (κ3) is 4.63. The van der Waals surface area contributed by atoms with E-state index in [0.29, 0.717) is 24.2 Å². The van der Waals surface area contributed by atoms with Crippen LogP contribution in [-0.2, 0) is 22.6 Å². The van der Waals surface area contributed by atoms with Crippen molar-refractivity contribution in [2.45, 2.75) is 25.5 Å². The summed E-state index contributed by atoms with van der Waals surface area (Å²) < 4.78 is 31.1. The van der Waals surface area contributed by atoms with Crippen molar-refractivity contribution in [1.82, 2.24) is 15.5 Å². The first-order valence-corrected chi connectivity index (χ1v) is 8.90. The zero-order chi connectivity index (χ0) is 20.2. The maximum Gasteiger partial charge on any atom is 0.269 e. The molecule has 1 aliphatic rings. The third-order valence-electron chi connectivity index (χ3n) is 4.33. The minimum atomic E-state index is -0.389. The van der Waals surface area contributed by atoms with Crippen LogP contribution in [0, 0.1) is 11.6 Å². The summed E-state index contributed by atoms with van der Waals surface area (Å²) in [6, 6.07) is 11.6. The van der Waals surface area contributed by atoms with Crippen LogP contribution in [-0.4, -0.2) is 27.9 Å². The quantitative estimate of drug-likeness (QED) is 0.689. The van der Waals surface area contributed by atoms with Gasteiger partial charge in [0.2, 0.25) is 0 Å². The Kier molecular flexibility index (Phi) is 5.28. The monoisotopic (exact) mass is 398 g/mol. The summed E-state index contributed by atoms with van der Waals surface area (Å²) in [5.74, 6) is -0.360. The van der Waals surface area contributed by atoms with Gasteiger partial charge in [0, 0.05) is 18.5 Å². The fourth-order valence-corrected chi connectivity index (χ4v) is 2.81. The van der Waals surface area contributed by atoms with Crippen LogP contribution in [0.15, 0.2) is 58.2 Å². The molecule has 7 nitrogen and oxygen atoms in total. The Balaban J connectivity index is 1.29. The number of oxime groups is 1. The van der Waals surface area contributed by atoms with Crippen LogP contribution in [0.5, 0.6) is 0 Å². The largest absolute Gasteiger partial charge is 0.391 e. The molecule has 1 aliphatic heterocycles. The molecule has 0 radical (unpaired) electrons. The van der Waals surface area contributed by atoms with Gasteiger partial charge >= 0.3 is 0 Å². The van der Waals surface area contributed by atoms with Crippen molar-refractivity contribution in [1.29, 1.82) is 0 Å². The van der Waals surface area contributed by atoms with E-state index in [0.717, 1.165) is 5.56 Å². The van der Waals surface area contributed by atoms with Crippen LogP contribution in [0.2, 0.25) is 0 Å². The van der Waals surface area contributed by atoms with Crippen molar-refractivity contribution in [3.63, 3.8) is 0 Å². The van der Waals surface area contributed by atoms with Gasteiger partial charge in [0.15, 0.2) is 5.82 Å². The summed E-state index contributed by atoms with van der Waals surface area (Å²) in [7, 11) is 0. The van der Waals surface area contributed by atoms with Crippen LogP contribution in [0.1, 0.15) is 17.8 Å². The van der Waals surface area contributed by atoms with Gasteiger partial charge in [-0.15, -0.1) is 0 Å². The fourth-order valence-electron chi connectivity index (χ4n) is 2.81. The van der Waals surface area contributed by atoms with Gasteiger partial charge < -0.3 is 14.7 Å². The van der Waals surface area contributed by atoms with E-state index in [9.17, 15) is 13.6 Å². The number of amides is 1. The van der Waals surface area contributed by atoms with Gasteiger partial charge in [0.05, 0.1) is 6.42 Å². The highest BCUT2D eigenvalue weighted by atomic mass is 19.1. The maximum atomic E-state index is 13.0. The van der Waals surface area contributed by atoms with Crippen LogP contribution < -0.4 is 5.32 Å². The van der Waals surface area contributed by atoms with E-state index in [1.807, 2.05) is 0 Å². The maximum absolute atomic E-state index is 13.0. The second kappa shape index (κ2) is 8.17. The second-order valence-electron chi connectivity index (χ2n) is 6.51. The third-order valence-corrected chi connectivity index (χ3v) is 4.33. The van der Waals surface area contributed by atoms with Crippen molar-refractivity contribution in [2.75, 3.05) is 0 Å². The minimum Gasteiger partial charge on any atom is -0.391 e. The molecule has 3 aromatic rings. The highest BCUT2D eigenvalue weighted by Crippen LogP contribution is 2.20. The molecule has 1 atom stereocenters. The fraction of sp³-hybridized carbons (Fsp3) is 0.200. The summed E-state index contributed by atoms with van der Waals surface area (Å²) in [6.45, 7) is 0.259. The SMILES string of the molecule is O=C(NCc1ccc(F)cc1)C1=NOC(Cc2noc(-c3ccc(F)cc3)n2)C1. The molecule has 1 amide bonds. The van der Waals surface area contributed by atoms with Crippen molar-refractivity contribution in [3.05, 3.63) is 71.6 Å². The van der Waals surface area contributed by atoms with Gasteiger partial charge in [-0.2, -0.15) is 4.98 Å². The van der Waals surface area contributed by atoms with E-state index in [4.69, 9.17) is 9.36 Å². The van der Waals surface area contributed by atoms with E-state index in [2.05, 4.69) is 20.6 Å². The molecule has 0 saturated heterocycles. The molecule has 0 aliphatic carbocycles. The summed E-state index contributed by atoms with van der Waals surface area (Å²) in [5, 5.41) is 10.4. The molecular formula is C20H16F2N4O3. The predicted molar refractivity (Wildman–Crippen MR) is 98.6 cm³/mol. The van der Waals surface area contributed by atoms with Crippen LogP contribution in [0.25, 0.3) is 11.5 Å². The molecule has 2 aromatic carbocycles. The molecule has 0 saturated carbocycles. The first-order chi connectivity index (χ1) is 14.1. The van der Waals surface area contributed by atoms with Gasteiger partial charge in [-0.1, -0.05) is 22.4 Å². The predicted octanol–water partition coefficient (Wildman–Crippen LogP) is 3.02. The molecule has 1 aromatic heterocycles. The minimum absolute atomic E-state index is 0.259. The van der Waals surface area contributed by atoms with E-state index in [-0.39, 0.29) is 41.8 Å². The van der Waals surface area contributed by atoms with E-state index in [1.165, 1.54) is 24.3 Å². The van der Waals surface area contributed by atoms with Crippen molar-refractivity contribution < 1.29 is 22.9 Å². The first kappa shape index (κ1) is 18.7. The van der Waals surface area contributed by atoms with Crippen molar-refractivity contribution >= 4 is 11.6 Å². The summed E-state index contributed by atoms with van der Waals surface area (Å²) >= 11 is 0. The summed E-state index contributed by atoms with van der Waals surface area (Å²) in [6.07, 6.45) is 0.221.